The lowest BCUT2D eigenvalue weighted by atomic mass is 9.34. The molecule has 0 amide bonds. The third-order valence-electron chi connectivity index (χ3n) is 5.58. The van der Waals surface area contributed by atoms with Crippen molar-refractivity contribution in [2.24, 2.45) is 0 Å². The van der Waals surface area contributed by atoms with E-state index in [9.17, 15) is 0 Å². The zero-order valence-electron chi connectivity index (χ0n) is 15.0. The number of halogens is 1. The number of para-hydroxylation sites is 2. The molecule has 0 aliphatic carbocycles. The monoisotopic (exact) mass is 423 g/mol. The van der Waals surface area contributed by atoms with Crippen molar-refractivity contribution in [2.75, 3.05) is 4.90 Å². The Balaban J connectivity index is 1.69. The summed E-state index contributed by atoms with van der Waals surface area (Å²) in [5, 5.41) is 0. The van der Waals surface area contributed by atoms with Crippen LogP contribution in [0.25, 0.3) is 0 Å². The van der Waals surface area contributed by atoms with Crippen LogP contribution in [-0.4, -0.2) is 6.71 Å². The van der Waals surface area contributed by atoms with Crippen molar-refractivity contribution in [1.82, 2.24) is 0 Å². The van der Waals surface area contributed by atoms with Crippen LogP contribution >= 0.6 is 15.9 Å². The first-order chi connectivity index (χ1) is 13.8. The van der Waals surface area contributed by atoms with Crippen LogP contribution in [0.4, 0.5) is 17.1 Å². The molecule has 4 aromatic carbocycles. The van der Waals surface area contributed by atoms with Gasteiger partial charge in [-0.3, -0.25) is 0 Å². The molecule has 2 aliphatic rings. The number of fused-ring (bicyclic) bond motifs is 4. The lowest BCUT2D eigenvalue weighted by molar-refractivity contribution is 0.487. The second kappa shape index (κ2) is 6.01. The van der Waals surface area contributed by atoms with E-state index in [-0.39, 0.29) is 6.71 Å². The van der Waals surface area contributed by atoms with Crippen molar-refractivity contribution in [2.45, 2.75) is 0 Å². The highest BCUT2D eigenvalue weighted by Gasteiger charge is 2.41. The van der Waals surface area contributed by atoms with Gasteiger partial charge in [-0.1, -0.05) is 64.5 Å². The smallest absolute Gasteiger partial charge is 0.256 e. The highest BCUT2D eigenvalue weighted by atomic mass is 79.9. The molecule has 0 N–H and O–H groups in total. The molecule has 2 nitrogen and oxygen atoms in total. The van der Waals surface area contributed by atoms with E-state index in [0.717, 1.165) is 21.7 Å². The number of anilines is 3. The summed E-state index contributed by atoms with van der Waals surface area (Å²) in [5.41, 5.74) is 7.31. The lowest BCUT2D eigenvalue weighted by Crippen LogP contribution is -2.59. The Kier molecular flexibility index (Phi) is 3.44. The van der Waals surface area contributed by atoms with E-state index in [1.165, 1.54) is 27.8 Å². The second-order valence-corrected chi connectivity index (χ2v) is 8.05. The van der Waals surface area contributed by atoms with E-state index in [1.54, 1.807) is 0 Å². The number of hydrogen-bond acceptors (Lipinski definition) is 2. The van der Waals surface area contributed by atoms with Gasteiger partial charge in [0.1, 0.15) is 11.5 Å². The minimum absolute atomic E-state index is 0.166. The molecule has 4 aromatic rings. The van der Waals surface area contributed by atoms with Gasteiger partial charge in [0.25, 0.3) is 6.71 Å². The van der Waals surface area contributed by atoms with Crippen LogP contribution in [0.5, 0.6) is 11.5 Å². The maximum atomic E-state index is 6.35. The van der Waals surface area contributed by atoms with E-state index < -0.39 is 0 Å². The van der Waals surface area contributed by atoms with Gasteiger partial charge in [0.15, 0.2) is 0 Å². The molecule has 0 saturated carbocycles. The van der Waals surface area contributed by atoms with Crippen molar-refractivity contribution in [3.05, 3.63) is 95.5 Å². The van der Waals surface area contributed by atoms with Crippen LogP contribution in [0, 0.1) is 0 Å². The summed E-state index contributed by atoms with van der Waals surface area (Å²) in [4.78, 5) is 2.35. The molecule has 4 heteroatoms. The van der Waals surface area contributed by atoms with Crippen molar-refractivity contribution >= 4 is 56.1 Å². The van der Waals surface area contributed by atoms with E-state index in [4.69, 9.17) is 4.74 Å². The molecule has 6 rings (SSSR count). The van der Waals surface area contributed by atoms with E-state index in [0.29, 0.717) is 0 Å². The van der Waals surface area contributed by atoms with Gasteiger partial charge in [-0.05, 0) is 58.9 Å². The number of ether oxygens (including phenoxy) is 1. The third-order valence-corrected chi connectivity index (χ3v) is 6.08. The second-order valence-electron chi connectivity index (χ2n) is 7.14. The molecule has 2 heterocycles. The molecule has 0 unspecified atom stereocenters. The fourth-order valence-electron chi connectivity index (χ4n) is 4.46. The van der Waals surface area contributed by atoms with Gasteiger partial charge in [0, 0.05) is 21.5 Å². The summed E-state index contributed by atoms with van der Waals surface area (Å²) in [5.74, 6) is 1.86. The zero-order valence-corrected chi connectivity index (χ0v) is 16.6. The fraction of sp³-hybridized carbons (Fsp3) is 0. The molecule has 0 aromatic heterocycles. The SMILES string of the molecule is Brc1ccc2c(c1)Oc1cccc3c1B2c1ccccc1N3c1ccccc1. The average Bonchev–Trinajstić information content (AvgIpc) is 2.74. The van der Waals surface area contributed by atoms with Crippen LogP contribution in [0.15, 0.2) is 95.5 Å². The zero-order chi connectivity index (χ0) is 18.7. The Morgan fingerprint density at radius 1 is 0.679 bits per heavy atom. The van der Waals surface area contributed by atoms with Crippen LogP contribution in [0.1, 0.15) is 0 Å². The first-order valence-corrected chi connectivity index (χ1v) is 10.1. The summed E-state index contributed by atoms with van der Waals surface area (Å²) >= 11 is 3.58. The Morgan fingerprint density at radius 3 is 2.36 bits per heavy atom. The molecule has 0 bridgehead atoms. The minimum Gasteiger partial charge on any atom is -0.458 e. The molecular formula is C24H15BBrNO. The molecule has 0 radical (unpaired) electrons. The number of rotatable bonds is 1. The largest absolute Gasteiger partial charge is 0.458 e. The molecule has 0 atom stereocenters. The molecular weight excluding hydrogens is 409 g/mol. The number of hydrogen-bond donors (Lipinski definition) is 0. The topological polar surface area (TPSA) is 12.5 Å². The summed E-state index contributed by atoms with van der Waals surface area (Å²) < 4.78 is 7.38. The number of benzene rings is 4. The minimum atomic E-state index is 0.166. The average molecular weight is 424 g/mol. The first kappa shape index (κ1) is 16.0. The molecule has 0 spiro atoms. The Morgan fingerprint density at radius 2 is 1.46 bits per heavy atom. The molecule has 0 fully saturated rings. The Labute approximate surface area is 172 Å². The predicted octanol–water partition coefficient (Wildman–Crippen LogP) is 4.85. The summed E-state index contributed by atoms with van der Waals surface area (Å²) in [6, 6.07) is 31.9. The maximum Gasteiger partial charge on any atom is 0.256 e. The van der Waals surface area contributed by atoms with Crippen molar-refractivity contribution < 1.29 is 4.74 Å². The van der Waals surface area contributed by atoms with Crippen molar-refractivity contribution in [3.8, 4) is 11.5 Å². The normalized spacial score (nSPS) is 13.3. The summed E-state index contributed by atoms with van der Waals surface area (Å²) in [7, 11) is 0. The predicted molar refractivity (Wildman–Crippen MR) is 120 cm³/mol. The van der Waals surface area contributed by atoms with Gasteiger partial charge < -0.3 is 9.64 Å². The third kappa shape index (κ3) is 2.21. The fourth-order valence-corrected chi connectivity index (χ4v) is 4.80. The summed E-state index contributed by atoms with van der Waals surface area (Å²) in [6.45, 7) is 0.166. The van der Waals surface area contributed by atoms with E-state index >= 15 is 0 Å². The maximum absolute atomic E-state index is 6.35. The molecule has 0 saturated heterocycles. The van der Waals surface area contributed by atoms with Gasteiger partial charge >= 0.3 is 0 Å². The highest BCUT2D eigenvalue weighted by molar-refractivity contribution is 9.10. The van der Waals surface area contributed by atoms with Gasteiger partial charge in [-0.25, -0.2) is 0 Å². The van der Waals surface area contributed by atoms with Crippen LogP contribution in [-0.2, 0) is 0 Å². The van der Waals surface area contributed by atoms with Gasteiger partial charge in [-0.2, -0.15) is 0 Å². The van der Waals surface area contributed by atoms with Crippen LogP contribution in [0.2, 0.25) is 0 Å². The summed E-state index contributed by atoms with van der Waals surface area (Å²) in [6.07, 6.45) is 0. The van der Waals surface area contributed by atoms with Gasteiger partial charge in [-0.15, -0.1) is 0 Å². The lowest BCUT2D eigenvalue weighted by Gasteiger charge is -2.39. The van der Waals surface area contributed by atoms with Gasteiger partial charge in [0.05, 0.1) is 0 Å². The van der Waals surface area contributed by atoms with Crippen LogP contribution < -0.4 is 26.0 Å². The molecule has 2 aliphatic heterocycles. The first-order valence-electron chi connectivity index (χ1n) is 9.35. The molecule has 132 valence electrons. The van der Waals surface area contributed by atoms with Gasteiger partial charge in [0.2, 0.25) is 0 Å². The quantitative estimate of drug-likeness (QED) is 0.350. The highest BCUT2D eigenvalue weighted by Crippen LogP contribution is 2.40. The Hall–Kier alpha value is -2.98. The molecule has 28 heavy (non-hydrogen) atoms. The van der Waals surface area contributed by atoms with Crippen molar-refractivity contribution in [3.63, 3.8) is 0 Å². The Bertz CT molecular complexity index is 1220. The van der Waals surface area contributed by atoms with E-state index in [2.05, 4.69) is 112 Å². The van der Waals surface area contributed by atoms with Crippen LogP contribution in [0.3, 0.4) is 0 Å². The number of nitrogens with zero attached hydrogens (tertiary/aromatic N) is 1. The standard InChI is InChI=1S/C24H15BBrNO/c26-16-13-14-19-23(15-16)28-22-12-6-11-21-24(22)25(19)18-9-4-5-10-20(18)27(21)17-7-2-1-3-8-17/h1-15H. The van der Waals surface area contributed by atoms with E-state index in [1.807, 2.05) is 0 Å². The van der Waals surface area contributed by atoms with Crippen molar-refractivity contribution in [1.29, 1.82) is 0 Å².